The van der Waals surface area contributed by atoms with Crippen LogP contribution >= 0.6 is 0 Å². The summed E-state index contributed by atoms with van der Waals surface area (Å²) in [5.41, 5.74) is 3.59. The molecule has 0 unspecified atom stereocenters. The molecule has 0 aliphatic rings. The van der Waals surface area contributed by atoms with Crippen molar-refractivity contribution in [3.8, 4) is 28.8 Å². The molecule has 140 valence electrons. The van der Waals surface area contributed by atoms with E-state index in [9.17, 15) is 10.4 Å². The van der Waals surface area contributed by atoms with Crippen LogP contribution in [0.5, 0.6) is 0 Å². The number of nitriles is 1. The van der Waals surface area contributed by atoms with E-state index in [1.807, 2.05) is 35.8 Å². The predicted molar refractivity (Wildman–Crippen MR) is 103 cm³/mol. The number of rotatable bonds is 4. The molecule has 4 heterocycles. The van der Waals surface area contributed by atoms with Crippen molar-refractivity contribution in [1.82, 2.24) is 29.1 Å². The van der Waals surface area contributed by atoms with Gasteiger partial charge in [0, 0.05) is 5.69 Å². The second kappa shape index (κ2) is 6.55. The molecule has 0 aliphatic heterocycles. The fourth-order valence-electron chi connectivity index (χ4n) is 3.13. The maximum Gasteiger partial charge on any atom is 0.162 e. The van der Waals surface area contributed by atoms with Crippen molar-refractivity contribution in [3.63, 3.8) is 0 Å². The van der Waals surface area contributed by atoms with Gasteiger partial charge in [-0.2, -0.15) is 10.4 Å². The van der Waals surface area contributed by atoms with Crippen LogP contribution in [0.2, 0.25) is 0 Å². The van der Waals surface area contributed by atoms with Crippen molar-refractivity contribution in [2.24, 2.45) is 0 Å². The number of nitrogens with zero attached hydrogens (tertiary/aromatic N) is 7. The molecule has 4 aromatic heterocycles. The summed E-state index contributed by atoms with van der Waals surface area (Å²) in [5.74, 6) is 0. The molecular formula is C20H19N7O. The number of aliphatic hydroxyl groups is 1. The Balaban J connectivity index is 1.95. The van der Waals surface area contributed by atoms with Crippen LogP contribution < -0.4 is 0 Å². The van der Waals surface area contributed by atoms with Crippen molar-refractivity contribution >= 4 is 5.65 Å². The summed E-state index contributed by atoms with van der Waals surface area (Å²) in [4.78, 5) is 13.3. The first-order valence-electron chi connectivity index (χ1n) is 8.82. The van der Waals surface area contributed by atoms with E-state index < -0.39 is 5.60 Å². The quantitative estimate of drug-likeness (QED) is 0.589. The van der Waals surface area contributed by atoms with E-state index in [-0.39, 0.29) is 0 Å². The molecule has 0 aliphatic carbocycles. The summed E-state index contributed by atoms with van der Waals surface area (Å²) < 4.78 is 3.36. The summed E-state index contributed by atoms with van der Waals surface area (Å²) in [7, 11) is 0. The van der Waals surface area contributed by atoms with Crippen LogP contribution in [0.4, 0.5) is 0 Å². The smallest absolute Gasteiger partial charge is 0.162 e. The number of pyridine rings is 1. The Labute approximate surface area is 161 Å². The zero-order valence-electron chi connectivity index (χ0n) is 15.8. The lowest BCUT2D eigenvalue weighted by Gasteiger charge is -2.19. The highest BCUT2D eigenvalue weighted by Gasteiger charge is 2.22. The second-order valence-electron chi connectivity index (χ2n) is 7.29. The Morgan fingerprint density at radius 1 is 1.14 bits per heavy atom. The minimum absolute atomic E-state index is 0.329. The summed E-state index contributed by atoms with van der Waals surface area (Å²) in [5, 5.41) is 24.3. The molecule has 8 heteroatoms. The third-order valence-electron chi connectivity index (χ3n) is 4.25. The minimum atomic E-state index is -0.941. The van der Waals surface area contributed by atoms with Crippen LogP contribution in [0, 0.1) is 18.3 Å². The highest BCUT2D eigenvalue weighted by Crippen LogP contribution is 2.30. The van der Waals surface area contributed by atoms with Crippen molar-refractivity contribution in [1.29, 1.82) is 5.26 Å². The Bertz CT molecular complexity index is 1210. The van der Waals surface area contributed by atoms with Gasteiger partial charge in [-0.05, 0) is 45.0 Å². The van der Waals surface area contributed by atoms with Crippen molar-refractivity contribution in [2.75, 3.05) is 0 Å². The van der Waals surface area contributed by atoms with Crippen molar-refractivity contribution in [2.45, 2.75) is 32.9 Å². The van der Waals surface area contributed by atoms with Crippen LogP contribution in [-0.2, 0) is 6.54 Å². The Morgan fingerprint density at radius 3 is 2.68 bits per heavy atom. The normalized spacial score (nSPS) is 11.7. The van der Waals surface area contributed by atoms with Gasteiger partial charge in [0.15, 0.2) is 11.3 Å². The van der Waals surface area contributed by atoms with E-state index in [1.165, 1.54) is 10.7 Å². The van der Waals surface area contributed by atoms with Gasteiger partial charge in [0.2, 0.25) is 0 Å². The average molecular weight is 373 g/mol. The van der Waals surface area contributed by atoms with Crippen molar-refractivity contribution < 1.29 is 5.11 Å². The molecular weight excluding hydrogens is 354 g/mol. The minimum Gasteiger partial charge on any atom is -0.389 e. The van der Waals surface area contributed by atoms with Gasteiger partial charge in [0.25, 0.3) is 0 Å². The fourth-order valence-corrected chi connectivity index (χ4v) is 3.13. The van der Waals surface area contributed by atoms with Gasteiger partial charge in [0.1, 0.15) is 17.5 Å². The number of fused-ring (bicyclic) bond motifs is 1. The summed E-state index contributed by atoms with van der Waals surface area (Å²) in [6, 6.07) is 11.5. The fraction of sp³-hybridized carbons (Fsp3) is 0.250. The lowest BCUT2D eigenvalue weighted by Crippen LogP contribution is -2.26. The van der Waals surface area contributed by atoms with Crippen LogP contribution in [0.3, 0.4) is 0 Å². The SMILES string of the molecule is Cc1cccc(-c2ncn(CC(C)(C)O)c2-c2ccc3ncc(C#N)n3n2)n1. The maximum atomic E-state index is 10.3. The maximum absolute atomic E-state index is 10.3. The molecule has 0 atom stereocenters. The summed E-state index contributed by atoms with van der Waals surface area (Å²) >= 11 is 0. The molecule has 1 N–H and O–H groups in total. The van der Waals surface area contributed by atoms with Crippen LogP contribution in [0.25, 0.3) is 28.4 Å². The number of aryl methyl sites for hydroxylation is 1. The molecule has 0 aromatic carbocycles. The monoisotopic (exact) mass is 373 g/mol. The molecule has 28 heavy (non-hydrogen) atoms. The molecule has 4 rings (SSSR count). The molecule has 0 spiro atoms. The second-order valence-corrected chi connectivity index (χ2v) is 7.29. The van der Waals surface area contributed by atoms with Crippen molar-refractivity contribution in [3.05, 3.63) is 54.2 Å². The van der Waals surface area contributed by atoms with Crippen LogP contribution in [0.15, 0.2) is 42.9 Å². The Kier molecular flexibility index (Phi) is 4.17. The van der Waals surface area contributed by atoms with Crippen LogP contribution in [0.1, 0.15) is 25.2 Å². The molecule has 0 radical (unpaired) electrons. The summed E-state index contributed by atoms with van der Waals surface area (Å²) in [6.07, 6.45) is 3.17. The predicted octanol–water partition coefficient (Wildman–Crippen LogP) is 2.61. The molecule has 0 amide bonds. The first-order chi connectivity index (χ1) is 13.4. The average Bonchev–Trinajstić information content (AvgIpc) is 3.23. The number of hydrogen-bond acceptors (Lipinski definition) is 6. The number of aromatic nitrogens is 6. The molecule has 0 saturated carbocycles. The van der Waals surface area contributed by atoms with Gasteiger partial charge >= 0.3 is 0 Å². The largest absolute Gasteiger partial charge is 0.389 e. The van der Waals surface area contributed by atoms with Gasteiger partial charge in [-0.1, -0.05) is 6.07 Å². The zero-order valence-corrected chi connectivity index (χ0v) is 15.8. The van der Waals surface area contributed by atoms with E-state index in [2.05, 4.69) is 26.1 Å². The lowest BCUT2D eigenvalue weighted by molar-refractivity contribution is 0.0619. The lowest BCUT2D eigenvalue weighted by atomic mass is 10.1. The number of imidazole rings is 2. The highest BCUT2D eigenvalue weighted by atomic mass is 16.3. The van der Waals surface area contributed by atoms with E-state index in [1.54, 1.807) is 26.2 Å². The third kappa shape index (κ3) is 3.23. The molecule has 4 aromatic rings. The third-order valence-corrected chi connectivity index (χ3v) is 4.25. The Hall–Kier alpha value is -3.57. The Morgan fingerprint density at radius 2 is 1.96 bits per heavy atom. The van der Waals surface area contributed by atoms with E-state index in [0.717, 1.165) is 17.1 Å². The van der Waals surface area contributed by atoms with Gasteiger partial charge in [-0.15, -0.1) is 0 Å². The summed E-state index contributed by atoms with van der Waals surface area (Å²) in [6.45, 7) is 5.73. The zero-order chi connectivity index (χ0) is 19.9. The van der Waals surface area contributed by atoms with E-state index in [4.69, 9.17) is 0 Å². The molecule has 8 nitrogen and oxygen atoms in total. The first-order valence-corrected chi connectivity index (χ1v) is 8.82. The molecule has 0 saturated heterocycles. The first kappa shape index (κ1) is 17.8. The van der Waals surface area contributed by atoms with Gasteiger partial charge in [0.05, 0.1) is 36.1 Å². The van der Waals surface area contributed by atoms with Gasteiger partial charge in [-0.3, -0.25) is 4.98 Å². The standard InChI is InChI=1S/C20H19N7O/c1-13-5-4-6-15(24-13)18-19(26(12-23-18)11-20(2,3)28)16-7-8-17-22-10-14(9-21)27(17)25-16/h4-8,10,12,28H,11H2,1-3H3. The topological polar surface area (TPSA) is 105 Å². The molecule has 0 bridgehead atoms. The number of hydrogen-bond donors (Lipinski definition) is 1. The van der Waals surface area contributed by atoms with E-state index in [0.29, 0.717) is 29.3 Å². The molecule has 0 fully saturated rings. The highest BCUT2D eigenvalue weighted by molar-refractivity contribution is 5.75. The van der Waals surface area contributed by atoms with E-state index >= 15 is 0 Å². The van der Waals surface area contributed by atoms with Crippen LogP contribution in [-0.4, -0.2) is 39.8 Å². The van der Waals surface area contributed by atoms with Gasteiger partial charge in [-0.25, -0.2) is 14.5 Å². The van der Waals surface area contributed by atoms with Gasteiger partial charge < -0.3 is 9.67 Å².